The van der Waals surface area contributed by atoms with Gasteiger partial charge in [0, 0.05) is 6.07 Å². The lowest BCUT2D eigenvalue weighted by molar-refractivity contribution is 0.0527. The standard InChI is InChI=1S/C12H15N3O3S/c1-4-17-12(16)10-8(3)15-19-11(10)13-6-9-5-7(2)14-18-9/h5,13H,4,6H2,1-3H3. The summed E-state index contributed by atoms with van der Waals surface area (Å²) in [6, 6.07) is 1.84. The minimum absolute atomic E-state index is 0.342. The van der Waals surface area contributed by atoms with Gasteiger partial charge < -0.3 is 14.6 Å². The van der Waals surface area contributed by atoms with Crippen molar-refractivity contribution in [2.75, 3.05) is 11.9 Å². The van der Waals surface area contributed by atoms with Gasteiger partial charge in [-0.15, -0.1) is 0 Å². The van der Waals surface area contributed by atoms with Gasteiger partial charge in [0.15, 0.2) is 5.76 Å². The van der Waals surface area contributed by atoms with Gasteiger partial charge in [-0.2, -0.15) is 4.37 Å². The quantitative estimate of drug-likeness (QED) is 0.849. The molecule has 1 N–H and O–H groups in total. The fourth-order valence-corrected chi connectivity index (χ4v) is 2.38. The molecular weight excluding hydrogens is 266 g/mol. The Kier molecular flexibility index (Phi) is 4.16. The number of aryl methyl sites for hydroxylation is 2. The molecule has 0 aromatic carbocycles. The molecular formula is C12H15N3O3S. The van der Waals surface area contributed by atoms with Crippen LogP contribution in [0.1, 0.15) is 34.4 Å². The number of nitrogens with zero attached hydrogens (tertiary/aromatic N) is 2. The maximum Gasteiger partial charge on any atom is 0.343 e. The Morgan fingerprint density at radius 2 is 2.32 bits per heavy atom. The molecule has 102 valence electrons. The topological polar surface area (TPSA) is 77.2 Å². The third-order valence-electron chi connectivity index (χ3n) is 2.44. The fraction of sp³-hybridized carbons (Fsp3) is 0.417. The Bertz CT molecular complexity index is 577. The zero-order valence-electron chi connectivity index (χ0n) is 11.0. The second-order valence-electron chi connectivity index (χ2n) is 3.98. The second-order valence-corrected chi connectivity index (χ2v) is 4.75. The number of ether oxygens (including phenoxy) is 1. The predicted molar refractivity (Wildman–Crippen MR) is 71.4 cm³/mol. The lowest BCUT2D eigenvalue weighted by Crippen LogP contribution is -2.09. The molecule has 2 heterocycles. The van der Waals surface area contributed by atoms with E-state index in [0.29, 0.717) is 35.2 Å². The van der Waals surface area contributed by atoms with Crippen molar-refractivity contribution in [3.8, 4) is 0 Å². The minimum atomic E-state index is -0.356. The van der Waals surface area contributed by atoms with Crippen LogP contribution in [0.25, 0.3) is 0 Å². The SMILES string of the molecule is CCOC(=O)c1c(C)nsc1NCc1cc(C)no1. The molecule has 0 aliphatic rings. The van der Waals surface area contributed by atoms with Gasteiger partial charge in [-0.05, 0) is 32.3 Å². The Labute approximate surface area is 114 Å². The molecule has 0 radical (unpaired) electrons. The van der Waals surface area contributed by atoms with Crippen LogP contribution in [0.15, 0.2) is 10.6 Å². The molecule has 2 rings (SSSR count). The Morgan fingerprint density at radius 3 is 2.95 bits per heavy atom. The summed E-state index contributed by atoms with van der Waals surface area (Å²) in [5.41, 5.74) is 1.98. The van der Waals surface area contributed by atoms with E-state index in [9.17, 15) is 4.79 Å². The Morgan fingerprint density at radius 1 is 1.53 bits per heavy atom. The van der Waals surface area contributed by atoms with Crippen molar-refractivity contribution in [1.82, 2.24) is 9.53 Å². The van der Waals surface area contributed by atoms with Crippen LogP contribution in [0.3, 0.4) is 0 Å². The highest BCUT2D eigenvalue weighted by molar-refractivity contribution is 7.10. The van der Waals surface area contributed by atoms with Gasteiger partial charge in [0.25, 0.3) is 0 Å². The van der Waals surface area contributed by atoms with Crippen LogP contribution in [-0.2, 0) is 11.3 Å². The van der Waals surface area contributed by atoms with Crippen molar-refractivity contribution in [3.63, 3.8) is 0 Å². The average molecular weight is 281 g/mol. The van der Waals surface area contributed by atoms with Crippen LogP contribution in [-0.4, -0.2) is 22.1 Å². The van der Waals surface area contributed by atoms with E-state index in [1.165, 1.54) is 11.5 Å². The van der Waals surface area contributed by atoms with Crippen LogP contribution in [0, 0.1) is 13.8 Å². The summed E-state index contributed by atoms with van der Waals surface area (Å²) in [6.45, 7) is 6.21. The maximum absolute atomic E-state index is 11.8. The molecule has 0 fully saturated rings. The molecule has 0 aliphatic heterocycles. The number of hydrogen-bond donors (Lipinski definition) is 1. The molecule has 6 nitrogen and oxygen atoms in total. The number of esters is 1. The summed E-state index contributed by atoms with van der Waals surface area (Å²) in [4.78, 5) is 11.8. The van der Waals surface area contributed by atoms with E-state index in [0.717, 1.165) is 5.69 Å². The first-order valence-electron chi connectivity index (χ1n) is 5.91. The first kappa shape index (κ1) is 13.5. The number of carbonyl (C=O) groups is 1. The molecule has 0 saturated carbocycles. The molecule has 0 atom stereocenters. The normalized spacial score (nSPS) is 10.5. The number of hydrogen-bond acceptors (Lipinski definition) is 7. The van der Waals surface area contributed by atoms with Crippen molar-refractivity contribution >= 4 is 22.5 Å². The van der Waals surface area contributed by atoms with Crippen LogP contribution in [0.4, 0.5) is 5.00 Å². The Hall–Kier alpha value is -1.89. The van der Waals surface area contributed by atoms with Crippen molar-refractivity contribution in [3.05, 3.63) is 28.8 Å². The van der Waals surface area contributed by atoms with E-state index >= 15 is 0 Å². The summed E-state index contributed by atoms with van der Waals surface area (Å²) in [5.74, 6) is 0.350. The summed E-state index contributed by atoms with van der Waals surface area (Å²) in [6.07, 6.45) is 0. The Balaban J connectivity index is 2.10. The van der Waals surface area contributed by atoms with Crippen LogP contribution in [0.5, 0.6) is 0 Å². The van der Waals surface area contributed by atoms with Crippen molar-refractivity contribution < 1.29 is 14.1 Å². The number of carbonyl (C=O) groups excluding carboxylic acids is 1. The highest BCUT2D eigenvalue weighted by atomic mass is 32.1. The number of rotatable bonds is 5. The van der Waals surface area contributed by atoms with Gasteiger partial charge in [-0.25, -0.2) is 4.79 Å². The van der Waals surface area contributed by atoms with Gasteiger partial charge in [0.2, 0.25) is 0 Å². The molecule has 0 bridgehead atoms. The molecule has 0 unspecified atom stereocenters. The third kappa shape index (κ3) is 3.11. The number of aromatic nitrogens is 2. The summed E-state index contributed by atoms with van der Waals surface area (Å²) < 4.78 is 14.3. The summed E-state index contributed by atoms with van der Waals surface area (Å²) in [5, 5.41) is 7.61. The smallest absolute Gasteiger partial charge is 0.343 e. The van der Waals surface area contributed by atoms with Gasteiger partial charge in [-0.3, -0.25) is 0 Å². The van der Waals surface area contributed by atoms with E-state index in [2.05, 4.69) is 14.8 Å². The number of anilines is 1. The van der Waals surface area contributed by atoms with Crippen LogP contribution < -0.4 is 5.32 Å². The van der Waals surface area contributed by atoms with E-state index in [4.69, 9.17) is 9.26 Å². The van der Waals surface area contributed by atoms with E-state index < -0.39 is 0 Å². The molecule has 0 spiro atoms. The van der Waals surface area contributed by atoms with Crippen LogP contribution >= 0.6 is 11.5 Å². The van der Waals surface area contributed by atoms with Gasteiger partial charge >= 0.3 is 5.97 Å². The number of nitrogens with one attached hydrogen (secondary N) is 1. The molecule has 0 saturated heterocycles. The van der Waals surface area contributed by atoms with Crippen molar-refractivity contribution in [2.24, 2.45) is 0 Å². The zero-order chi connectivity index (χ0) is 13.8. The molecule has 0 aliphatic carbocycles. The molecule has 0 amide bonds. The predicted octanol–water partition coefficient (Wildman–Crippen LogP) is 2.54. The van der Waals surface area contributed by atoms with Crippen molar-refractivity contribution in [2.45, 2.75) is 27.3 Å². The second kappa shape index (κ2) is 5.83. The van der Waals surface area contributed by atoms with Gasteiger partial charge in [0.1, 0.15) is 10.6 Å². The van der Waals surface area contributed by atoms with E-state index in [-0.39, 0.29) is 5.97 Å². The van der Waals surface area contributed by atoms with Crippen molar-refractivity contribution in [1.29, 1.82) is 0 Å². The van der Waals surface area contributed by atoms with Crippen LogP contribution in [0.2, 0.25) is 0 Å². The third-order valence-corrected chi connectivity index (χ3v) is 3.34. The first-order valence-corrected chi connectivity index (χ1v) is 6.68. The van der Waals surface area contributed by atoms with Gasteiger partial charge in [-0.1, -0.05) is 5.16 Å². The first-order chi connectivity index (χ1) is 9.11. The highest BCUT2D eigenvalue weighted by Gasteiger charge is 2.19. The summed E-state index contributed by atoms with van der Waals surface area (Å²) in [7, 11) is 0. The fourth-order valence-electron chi connectivity index (χ4n) is 1.60. The molecule has 7 heteroatoms. The maximum atomic E-state index is 11.8. The van der Waals surface area contributed by atoms with E-state index in [1.54, 1.807) is 13.8 Å². The minimum Gasteiger partial charge on any atom is -0.462 e. The average Bonchev–Trinajstić information content (AvgIpc) is 2.93. The van der Waals surface area contributed by atoms with E-state index in [1.807, 2.05) is 13.0 Å². The molecule has 19 heavy (non-hydrogen) atoms. The highest BCUT2D eigenvalue weighted by Crippen LogP contribution is 2.26. The largest absolute Gasteiger partial charge is 0.462 e. The monoisotopic (exact) mass is 281 g/mol. The molecule has 2 aromatic rings. The molecule has 2 aromatic heterocycles. The lowest BCUT2D eigenvalue weighted by atomic mass is 10.2. The zero-order valence-corrected chi connectivity index (χ0v) is 11.8. The van der Waals surface area contributed by atoms with Gasteiger partial charge in [0.05, 0.1) is 24.5 Å². The summed E-state index contributed by atoms with van der Waals surface area (Å²) >= 11 is 1.23. The lowest BCUT2D eigenvalue weighted by Gasteiger charge is -2.05.